The Bertz CT molecular complexity index is 399. The zero-order valence-corrected chi connectivity index (χ0v) is 8.45. The molecule has 0 aromatic carbocycles. The number of aromatic nitrogens is 4. The minimum atomic E-state index is 0.747. The molecule has 2 heterocycles. The standard InChI is InChI=1S/C8H9N5S/c1-2-10-8-7(12-14-13-8)6-5-9-3-4-11-6/h3-5H,2H2,1H3,(H,10,13). The number of nitrogens with zero attached hydrogens (tertiary/aromatic N) is 4. The predicted molar refractivity (Wildman–Crippen MR) is 55.1 cm³/mol. The summed E-state index contributed by atoms with van der Waals surface area (Å²) in [7, 11) is 0. The summed E-state index contributed by atoms with van der Waals surface area (Å²) in [5, 5.41) is 3.12. The smallest absolute Gasteiger partial charge is 0.169 e. The van der Waals surface area contributed by atoms with Crippen LogP contribution in [0.2, 0.25) is 0 Å². The van der Waals surface area contributed by atoms with Gasteiger partial charge in [-0.15, -0.1) is 0 Å². The van der Waals surface area contributed by atoms with Gasteiger partial charge in [0, 0.05) is 18.9 Å². The summed E-state index contributed by atoms with van der Waals surface area (Å²) in [6.45, 7) is 2.83. The van der Waals surface area contributed by atoms with Crippen molar-refractivity contribution in [1.82, 2.24) is 18.7 Å². The molecule has 0 amide bonds. The maximum absolute atomic E-state index is 4.17. The van der Waals surface area contributed by atoms with Gasteiger partial charge in [-0.25, -0.2) is 0 Å². The van der Waals surface area contributed by atoms with Crippen molar-refractivity contribution in [2.75, 3.05) is 11.9 Å². The summed E-state index contributed by atoms with van der Waals surface area (Å²) >= 11 is 1.17. The first-order chi connectivity index (χ1) is 6.92. The van der Waals surface area contributed by atoms with E-state index in [1.165, 1.54) is 11.7 Å². The van der Waals surface area contributed by atoms with Crippen LogP contribution in [0, 0.1) is 0 Å². The van der Waals surface area contributed by atoms with E-state index in [1.54, 1.807) is 18.6 Å². The molecule has 2 aromatic rings. The van der Waals surface area contributed by atoms with Crippen LogP contribution in [0.15, 0.2) is 18.6 Å². The molecule has 2 rings (SSSR count). The SMILES string of the molecule is CCNc1nsnc1-c1cnccn1. The number of nitrogens with one attached hydrogen (secondary N) is 1. The van der Waals surface area contributed by atoms with E-state index in [9.17, 15) is 0 Å². The Labute approximate surface area is 85.6 Å². The van der Waals surface area contributed by atoms with Crippen LogP contribution in [-0.2, 0) is 0 Å². The van der Waals surface area contributed by atoms with Crippen LogP contribution in [0.5, 0.6) is 0 Å². The van der Waals surface area contributed by atoms with E-state index >= 15 is 0 Å². The molecule has 0 aliphatic heterocycles. The molecule has 0 aliphatic rings. The van der Waals surface area contributed by atoms with Gasteiger partial charge in [-0.3, -0.25) is 9.97 Å². The van der Waals surface area contributed by atoms with Crippen LogP contribution in [0.25, 0.3) is 11.4 Å². The van der Waals surface area contributed by atoms with Gasteiger partial charge < -0.3 is 5.32 Å². The van der Waals surface area contributed by atoms with Gasteiger partial charge >= 0.3 is 0 Å². The second-order valence-corrected chi connectivity index (χ2v) is 3.11. The van der Waals surface area contributed by atoms with Crippen molar-refractivity contribution in [2.45, 2.75) is 6.92 Å². The molecule has 0 aliphatic carbocycles. The molecule has 2 aromatic heterocycles. The lowest BCUT2D eigenvalue weighted by molar-refractivity contribution is 1.16. The van der Waals surface area contributed by atoms with Crippen molar-refractivity contribution in [2.24, 2.45) is 0 Å². The summed E-state index contributed by atoms with van der Waals surface area (Å²) in [6, 6.07) is 0. The second-order valence-electron chi connectivity index (χ2n) is 2.58. The van der Waals surface area contributed by atoms with E-state index in [4.69, 9.17) is 0 Å². The zero-order valence-electron chi connectivity index (χ0n) is 7.64. The van der Waals surface area contributed by atoms with Crippen molar-refractivity contribution < 1.29 is 0 Å². The van der Waals surface area contributed by atoms with E-state index < -0.39 is 0 Å². The Balaban J connectivity index is 2.37. The lowest BCUT2D eigenvalue weighted by atomic mass is 10.3. The first-order valence-corrected chi connectivity index (χ1v) is 4.97. The highest BCUT2D eigenvalue weighted by atomic mass is 32.1. The van der Waals surface area contributed by atoms with Crippen molar-refractivity contribution in [1.29, 1.82) is 0 Å². The van der Waals surface area contributed by atoms with Crippen LogP contribution in [0.3, 0.4) is 0 Å². The third-order valence-corrected chi connectivity index (χ3v) is 2.17. The van der Waals surface area contributed by atoms with Gasteiger partial charge in [0.1, 0.15) is 11.4 Å². The Morgan fingerprint density at radius 1 is 1.36 bits per heavy atom. The van der Waals surface area contributed by atoms with Gasteiger partial charge in [0.05, 0.1) is 17.9 Å². The third kappa shape index (κ3) is 1.69. The van der Waals surface area contributed by atoms with E-state index in [0.29, 0.717) is 0 Å². The van der Waals surface area contributed by atoms with Gasteiger partial charge in [0.25, 0.3) is 0 Å². The zero-order chi connectivity index (χ0) is 9.80. The minimum Gasteiger partial charge on any atom is -0.368 e. The fourth-order valence-electron chi connectivity index (χ4n) is 1.06. The van der Waals surface area contributed by atoms with E-state index in [1.807, 2.05) is 6.92 Å². The van der Waals surface area contributed by atoms with Crippen LogP contribution in [-0.4, -0.2) is 25.3 Å². The fourth-order valence-corrected chi connectivity index (χ4v) is 1.60. The molecule has 0 spiro atoms. The lowest BCUT2D eigenvalue weighted by Gasteiger charge is -1.99. The van der Waals surface area contributed by atoms with Crippen LogP contribution < -0.4 is 5.32 Å². The molecule has 6 heteroatoms. The number of rotatable bonds is 3. The van der Waals surface area contributed by atoms with Gasteiger partial charge in [-0.1, -0.05) is 0 Å². The average Bonchev–Trinajstić information content (AvgIpc) is 2.68. The Morgan fingerprint density at radius 2 is 2.29 bits per heavy atom. The molecular formula is C8H9N5S. The summed E-state index contributed by atoms with van der Waals surface area (Å²) in [5.41, 5.74) is 1.52. The topological polar surface area (TPSA) is 63.6 Å². The lowest BCUT2D eigenvalue weighted by Crippen LogP contribution is -1.98. The third-order valence-electron chi connectivity index (χ3n) is 1.64. The van der Waals surface area contributed by atoms with Crippen LogP contribution in [0.4, 0.5) is 5.82 Å². The largest absolute Gasteiger partial charge is 0.368 e. The van der Waals surface area contributed by atoms with Gasteiger partial charge in [-0.2, -0.15) is 8.75 Å². The van der Waals surface area contributed by atoms with Gasteiger partial charge in [0.2, 0.25) is 0 Å². The molecule has 14 heavy (non-hydrogen) atoms. The highest BCUT2D eigenvalue weighted by Gasteiger charge is 2.10. The molecule has 5 nitrogen and oxygen atoms in total. The second kappa shape index (κ2) is 4.10. The quantitative estimate of drug-likeness (QED) is 0.824. The van der Waals surface area contributed by atoms with Crippen LogP contribution in [0.1, 0.15) is 6.92 Å². The molecule has 72 valence electrons. The maximum atomic E-state index is 4.17. The fraction of sp³-hybridized carbons (Fsp3) is 0.250. The van der Waals surface area contributed by atoms with Crippen molar-refractivity contribution in [3.63, 3.8) is 0 Å². The first-order valence-electron chi connectivity index (χ1n) is 4.24. The van der Waals surface area contributed by atoms with Crippen molar-refractivity contribution >= 4 is 17.5 Å². The number of hydrogen-bond acceptors (Lipinski definition) is 6. The molecule has 0 fully saturated rings. The van der Waals surface area contributed by atoms with Gasteiger partial charge in [-0.05, 0) is 6.92 Å². The first kappa shape index (κ1) is 9.01. The highest BCUT2D eigenvalue weighted by Crippen LogP contribution is 2.22. The summed E-state index contributed by atoms with van der Waals surface area (Å²) in [5.74, 6) is 0.776. The van der Waals surface area contributed by atoms with Gasteiger partial charge in [0.15, 0.2) is 5.82 Å². The van der Waals surface area contributed by atoms with E-state index in [2.05, 4.69) is 24.0 Å². The molecule has 0 saturated heterocycles. The molecule has 0 atom stereocenters. The van der Waals surface area contributed by atoms with Crippen molar-refractivity contribution in [3.8, 4) is 11.4 Å². The predicted octanol–water partition coefficient (Wildman–Crippen LogP) is 1.43. The van der Waals surface area contributed by atoms with Crippen LogP contribution >= 0.6 is 11.7 Å². The molecule has 0 radical (unpaired) electrons. The molecular weight excluding hydrogens is 198 g/mol. The molecule has 0 unspecified atom stereocenters. The summed E-state index contributed by atoms with van der Waals surface area (Å²) in [6.07, 6.45) is 4.96. The summed E-state index contributed by atoms with van der Waals surface area (Å²) in [4.78, 5) is 8.15. The number of anilines is 1. The Hall–Kier alpha value is -1.56. The van der Waals surface area contributed by atoms with E-state index in [-0.39, 0.29) is 0 Å². The normalized spacial score (nSPS) is 10.1. The Kier molecular flexibility index (Phi) is 2.64. The monoisotopic (exact) mass is 207 g/mol. The van der Waals surface area contributed by atoms with E-state index in [0.717, 1.165) is 23.8 Å². The summed E-state index contributed by atoms with van der Waals surface area (Å²) < 4.78 is 8.30. The average molecular weight is 207 g/mol. The Morgan fingerprint density at radius 3 is 3.00 bits per heavy atom. The minimum absolute atomic E-state index is 0.747. The number of hydrogen-bond donors (Lipinski definition) is 1. The van der Waals surface area contributed by atoms with Crippen molar-refractivity contribution in [3.05, 3.63) is 18.6 Å². The molecule has 0 saturated carbocycles. The molecule has 0 bridgehead atoms. The highest BCUT2D eigenvalue weighted by molar-refractivity contribution is 6.99. The molecule has 1 N–H and O–H groups in total. The maximum Gasteiger partial charge on any atom is 0.169 e.